The molecule has 2 aliphatic rings. The third-order valence-corrected chi connectivity index (χ3v) is 5.21. The Morgan fingerprint density at radius 3 is 2.96 bits per heavy atom. The quantitative estimate of drug-likeness (QED) is 0.750. The fraction of sp³-hybridized carbons (Fsp3) is 0.400. The summed E-state index contributed by atoms with van der Waals surface area (Å²) in [6.45, 7) is 2.01. The van der Waals surface area contributed by atoms with Crippen LogP contribution in [0.5, 0.6) is 0 Å². The first-order valence-corrected chi connectivity index (χ1v) is 8.69. The Morgan fingerprint density at radius 1 is 1.48 bits per heavy atom. The van der Waals surface area contributed by atoms with Gasteiger partial charge in [0.1, 0.15) is 17.0 Å². The van der Waals surface area contributed by atoms with Crippen molar-refractivity contribution in [1.82, 2.24) is 4.90 Å². The molecule has 120 valence electrons. The van der Waals surface area contributed by atoms with Crippen molar-refractivity contribution in [1.29, 1.82) is 5.26 Å². The number of carbonyl (C=O) groups excluding carboxylic acids is 1. The number of hydrogen-bond donors (Lipinski definition) is 0. The lowest BCUT2D eigenvalue weighted by Crippen LogP contribution is -2.42. The number of fused-ring (bicyclic) bond motifs is 1. The third-order valence-electron chi connectivity index (χ3n) is 3.88. The van der Waals surface area contributed by atoms with Gasteiger partial charge in [0.25, 0.3) is 10.0 Å². The molecule has 23 heavy (non-hydrogen) atoms. The van der Waals surface area contributed by atoms with E-state index in [1.54, 1.807) is 23.1 Å². The van der Waals surface area contributed by atoms with Crippen LogP contribution in [-0.4, -0.2) is 43.8 Å². The maximum absolute atomic E-state index is 12.2. The van der Waals surface area contributed by atoms with Gasteiger partial charge in [-0.1, -0.05) is 12.1 Å². The summed E-state index contributed by atoms with van der Waals surface area (Å²) in [5.74, 6) is -0.245. The van der Waals surface area contributed by atoms with Crippen LogP contribution in [0.15, 0.2) is 33.6 Å². The summed E-state index contributed by atoms with van der Waals surface area (Å²) in [6, 6.07) is 7.78. The molecule has 0 aromatic heterocycles. The number of ether oxygens (including phenoxy) is 1. The number of hydrogen-bond acceptors (Lipinski definition) is 6. The number of nitriles is 1. The molecule has 0 N–H and O–H groups in total. The van der Waals surface area contributed by atoms with Crippen LogP contribution in [-0.2, 0) is 19.6 Å². The van der Waals surface area contributed by atoms with Gasteiger partial charge in [0.15, 0.2) is 11.9 Å². The van der Waals surface area contributed by atoms with Gasteiger partial charge in [-0.3, -0.25) is 0 Å². The Bertz CT molecular complexity index is 825. The molecule has 0 radical (unpaired) electrons. The topological polar surface area (TPSA) is 99.8 Å². The number of rotatable bonds is 2. The molecular formula is C15H15N3O4S. The molecule has 8 heteroatoms. The number of carbonyl (C=O) groups is 1. The minimum atomic E-state index is -3.73. The Labute approximate surface area is 134 Å². The normalized spacial score (nSPS) is 22.9. The van der Waals surface area contributed by atoms with E-state index in [0.717, 1.165) is 6.42 Å². The van der Waals surface area contributed by atoms with Crippen molar-refractivity contribution in [3.63, 3.8) is 0 Å². The van der Waals surface area contributed by atoms with E-state index in [1.807, 2.05) is 6.07 Å². The molecule has 0 amide bonds. The third kappa shape index (κ3) is 2.68. The summed E-state index contributed by atoms with van der Waals surface area (Å²) in [4.78, 5) is 14.1. The van der Waals surface area contributed by atoms with Crippen LogP contribution in [0.2, 0.25) is 0 Å². The highest BCUT2D eigenvalue weighted by Gasteiger charge is 2.40. The van der Waals surface area contributed by atoms with E-state index >= 15 is 0 Å². The zero-order chi connectivity index (χ0) is 16.6. The Morgan fingerprint density at radius 2 is 2.22 bits per heavy atom. The average Bonchev–Trinajstić information content (AvgIpc) is 3.10. The van der Waals surface area contributed by atoms with Crippen LogP contribution in [0, 0.1) is 11.3 Å². The van der Waals surface area contributed by atoms with E-state index in [0.29, 0.717) is 18.5 Å². The van der Waals surface area contributed by atoms with Crippen LogP contribution in [0.25, 0.3) is 0 Å². The van der Waals surface area contributed by atoms with Gasteiger partial charge < -0.3 is 9.64 Å². The lowest BCUT2D eigenvalue weighted by Gasteiger charge is -2.25. The van der Waals surface area contributed by atoms with Gasteiger partial charge in [-0.25, -0.2) is 4.79 Å². The Balaban J connectivity index is 1.93. The molecule has 1 aromatic carbocycles. The molecule has 3 rings (SSSR count). The molecule has 1 aromatic rings. The van der Waals surface area contributed by atoms with Gasteiger partial charge in [-0.05, 0) is 31.9 Å². The zero-order valence-electron chi connectivity index (χ0n) is 12.5. The monoisotopic (exact) mass is 333 g/mol. The van der Waals surface area contributed by atoms with Gasteiger partial charge in [0, 0.05) is 12.1 Å². The summed E-state index contributed by atoms with van der Waals surface area (Å²) < 4.78 is 33.2. The number of sulfonamides is 1. The van der Waals surface area contributed by atoms with Crippen molar-refractivity contribution < 1.29 is 17.9 Å². The second-order valence-electron chi connectivity index (χ2n) is 5.45. The number of amidine groups is 1. The van der Waals surface area contributed by atoms with Gasteiger partial charge >= 0.3 is 5.97 Å². The fourth-order valence-electron chi connectivity index (χ4n) is 2.84. The molecule has 0 spiro atoms. The smallest absolute Gasteiger partial charge is 0.330 e. The van der Waals surface area contributed by atoms with E-state index in [1.165, 1.54) is 13.0 Å². The molecule has 2 atom stereocenters. The van der Waals surface area contributed by atoms with Crippen molar-refractivity contribution in [2.45, 2.75) is 36.8 Å². The van der Waals surface area contributed by atoms with Crippen LogP contribution < -0.4 is 0 Å². The molecule has 0 aliphatic carbocycles. The maximum Gasteiger partial charge on any atom is 0.330 e. The van der Waals surface area contributed by atoms with E-state index < -0.39 is 28.1 Å². The highest BCUT2D eigenvalue weighted by molar-refractivity contribution is 7.90. The van der Waals surface area contributed by atoms with Crippen molar-refractivity contribution in [2.24, 2.45) is 4.40 Å². The number of likely N-dealkylation sites (tertiary alicyclic amines) is 1. The Hall–Kier alpha value is -2.40. The SMILES string of the molecule is C[C@H](C#N)OC(=O)[C@@H]1CCCN1C1=NS(=O)(=O)c2ccccc21. The maximum atomic E-state index is 12.2. The molecule has 0 saturated carbocycles. The first-order chi connectivity index (χ1) is 10.9. The zero-order valence-corrected chi connectivity index (χ0v) is 13.3. The molecular weight excluding hydrogens is 318 g/mol. The van der Waals surface area contributed by atoms with Gasteiger partial charge in [-0.2, -0.15) is 13.7 Å². The van der Waals surface area contributed by atoms with Crippen LogP contribution in [0.4, 0.5) is 0 Å². The molecule has 0 bridgehead atoms. The number of nitrogens with zero attached hydrogens (tertiary/aromatic N) is 3. The average molecular weight is 333 g/mol. The largest absolute Gasteiger partial charge is 0.446 e. The standard InChI is InChI=1S/C15H15N3O4S/c1-10(9-16)22-15(19)12-6-4-8-18(12)14-11-5-2-3-7-13(11)23(20,21)17-14/h2-3,5,7,10,12H,4,6,8H2,1H3/t10-,12+/m1/s1. The summed E-state index contributed by atoms with van der Waals surface area (Å²) in [5.41, 5.74) is 0.500. The number of benzene rings is 1. The minimum absolute atomic E-state index is 0.152. The first-order valence-electron chi connectivity index (χ1n) is 7.25. The summed E-state index contributed by atoms with van der Waals surface area (Å²) in [5, 5.41) is 8.76. The second kappa shape index (κ2) is 5.66. The fourth-order valence-corrected chi connectivity index (χ4v) is 4.06. The van der Waals surface area contributed by atoms with Crippen LogP contribution >= 0.6 is 0 Å². The van der Waals surface area contributed by atoms with Crippen LogP contribution in [0.1, 0.15) is 25.3 Å². The van der Waals surface area contributed by atoms with Crippen molar-refractivity contribution in [2.75, 3.05) is 6.54 Å². The van der Waals surface area contributed by atoms with Crippen LogP contribution in [0.3, 0.4) is 0 Å². The lowest BCUT2D eigenvalue weighted by molar-refractivity contribution is -0.149. The van der Waals surface area contributed by atoms with E-state index in [2.05, 4.69) is 4.40 Å². The molecule has 1 saturated heterocycles. The highest BCUT2D eigenvalue weighted by atomic mass is 32.2. The van der Waals surface area contributed by atoms with Gasteiger partial charge in [0.2, 0.25) is 0 Å². The first kappa shape index (κ1) is 15.5. The highest BCUT2D eigenvalue weighted by Crippen LogP contribution is 2.31. The van der Waals surface area contributed by atoms with Crippen molar-refractivity contribution in [3.05, 3.63) is 29.8 Å². The number of esters is 1. The molecule has 2 aliphatic heterocycles. The molecule has 2 heterocycles. The second-order valence-corrected chi connectivity index (χ2v) is 7.02. The van der Waals surface area contributed by atoms with Crippen molar-refractivity contribution >= 4 is 21.8 Å². The minimum Gasteiger partial charge on any atom is -0.446 e. The van der Waals surface area contributed by atoms with Gasteiger partial charge in [-0.15, -0.1) is 4.40 Å². The lowest BCUT2D eigenvalue weighted by atomic mass is 10.1. The molecule has 1 fully saturated rings. The predicted octanol–water partition coefficient (Wildman–Crippen LogP) is 1.06. The predicted molar refractivity (Wildman–Crippen MR) is 81.1 cm³/mol. The molecule has 0 unspecified atom stereocenters. The van der Waals surface area contributed by atoms with E-state index in [-0.39, 0.29) is 10.7 Å². The van der Waals surface area contributed by atoms with Crippen molar-refractivity contribution in [3.8, 4) is 6.07 Å². The van der Waals surface area contributed by atoms with E-state index in [4.69, 9.17) is 10.00 Å². The summed E-state index contributed by atoms with van der Waals surface area (Å²) in [6.07, 6.45) is 0.423. The summed E-state index contributed by atoms with van der Waals surface area (Å²) in [7, 11) is -3.73. The Kier molecular flexibility index (Phi) is 3.82. The summed E-state index contributed by atoms with van der Waals surface area (Å²) >= 11 is 0. The van der Waals surface area contributed by atoms with Gasteiger partial charge in [0.05, 0.1) is 0 Å². The van der Waals surface area contributed by atoms with E-state index in [9.17, 15) is 13.2 Å². The molecule has 7 nitrogen and oxygen atoms in total.